The van der Waals surface area contributed by atoms with E-state index in [4.69, 9.17) is 14.2 Å². The Bertz CT molecular complexity index is 1100. The van der Waals surface area contributed by atoms with Crippen LogP contribution in [0.4, 0.5) is 5.69 Å². The lowest BCUT2D eigenvalue weighted by Crippen LogP contribution is -2.56. The molecule has 1 N–H and O–H groups in total. The monoisotopic (exact) mass is 522 g/mol. The smallest absolute Gasteiger partial charge is 0.247 e. The SMILES string of the molecule is CCN(CC)c1ccc([C@@H]2[C@H]3CCCC[C@]3(O)CCN2C(=O)/C=C/c2cc(OC)c(OC)c(OC)c2)cc1. The molecule has 7 heteroatoms. The third-order valence-corrected chi connectivity index (χ3v) is 8.32. The van der Waals surface area contributed by atoms with Crippen LogP contribution in [-0.4, -0.2) is 62.5 Å². The van der Waals surface area contributed by atoms with Crippen LogP contribution < -0.4 is 19.1 Å². The minimum Gasteiger partial charge on any atom is -0.493 e. The van der Waals surface area contributed by atoms with Crippen molar-refractivity contribution in [3.8, 4) is 17.2 Å². The highest BCUT2D eigenvalue weighted by Gasteiger charge is 2.49. The van der Waals surface area contributed by atoms with Crippen LogP contribution in [0.25, 0.3) is 6.08 Å². The minimum atomic E-state index is -0.725. The van der Waals surface area contributed by atoms with E-state index in [1.54, 1.807) is 33.5 Å². The van der Waals surface area contributed by atoms with Crippen molar-refractivity contribution in [3.63, 3.8) is 0 Å². The normalized spacial score (nSPS) is 23.2. The fourth-order valence-corrected chi connectivity index (χ4v) is 6.27. The van der Waals surface area contributed by atoms with E-state index in [1.165, 1.54) is 5.69 Å². The van der Waals surface area contributed by atoms with Gasteiger partial charge in [-0.2, -0.15) is 0 Å². The number of rotatable bonds is 9. The average Bonchev–Trinajstić information content (AvgIpc) is 2.95. The first-order valence-electron chi connectivity index (χ1n) is 13.7. The minimum absolute atomic E-state index is 0.0165. The molecule has 1 amide bonds. The molecule has 1 heterocycles. The number of carbonyl (C=O) groups is 1. The van der Waals surface area contributed by atoms with E-state index >= 15 is 0 Å². The van der Waals surface area contributed by atoms with E-state index in [0.29, 0.717) is 30.2 Å². The molecule has 4 rings (SSSR count). The van der Waals surface area contributed by atoms with Crippen LogP contribution >= 0.6 is 0 Å². The zero-order valence-electron chi connectivity index (χ0n) is 23.4. The van der Waals surface area contributed by atoms with Crippen molar-refractivity contribution in [3.05, 3.63) is 53.6 Å². The average molecular weight is 523 g/mol. The molecule has 2 aliphatic rings. The topological polar surface area (TPSA) is 71.5 Å². The number of piperidine rings is 1. The van der Waals surface area contributed by atoms with Gasteiger partial charge in [-0.05, 0) is 74.6 Å². The number of nitrogens with zero attached hydrogens (tertiary/aromatic N) is 2. The number of likely N-dealkylation sites (tertiary alicyclic amines) is 1. The highest BCUT2D eigenvalue weighted by molar-refractivity contribution is 5.92. The molecule has 38 heavy (non-hydrogen) atoms. The summed E-state index contributed by atoms with van der Waals surface area (Å²) in [5, 5.41) is 11.6. The molecule has 206 valence electrons. The van der Waals surface area contributed by atoms with Gasteiger partial charge in [-0.25, -0.2) is 0 Å². The third-order valence-electron chi connectivity index (χ3n) is 8.32. The van der Waals surface area contributed by atoms with Crippen LogP contribution in [0.1, 0.15) is 63.1 Å². The van der Waals surface area contributed by atoms with Crippen molar-refractivity contribution in [1.29, 1.82) is 0 Å². The van der Waals surface area contributed by atoms with Crippen LogP contribution in [0.2, 0.25) is 0 Å². The van der Waals surface area contributed by atoms with Gasteiger partial charge in [0.25, 0.3) is 0 Å². The Kier molecular flexibility index (Phi) is 8.87. The van der Waals surface area contributed by atoms with Crippen molar-refractivity contribution >= 4 is 17.7 Å². The molecule has 1 saturated heterocycles. The Morgan fingerprint density at radius 3 is 2.26 bits per heavy atom. The van der Waals surface area contributed by atoms with E-state index in [1.807, 2.05) is 17.0 Å². The van der Waals surface area contributed by atoms with Crippen LogP contribution in [0.5, 0.6) is 17.2 Å². The Labute approximate surface area is 227 Å². The molecule has 1 aliphatic heterocycles. The summed E-state index contributed by atoms with van der Waals surface area (Å²) in [4.78, 5) is 18.0. The van der Waals surface area contributed by atoms with Gasteiger partial charge in [0.05, 0.1) is 33.0 Å². The summed E-state index contributed by atoms with van der Waals surface area (Å²) in [6, 6.07) is 12.1. The van der Waals surface area contributed by atoms with Crippen LogP contribution in [0.3, 0.4) is 0 Å². The van der Waals surface area contributed by atoms with Crippen LogP contribution in [0.15, 0.2) is 42.5 Å². The van der Waals surface area contributed by atoms with Crippen molar-refractivity contribution in [2.45, 2.75) is 57.6 Å². The number of methoxy groups -OCH3 is 3. The molecular formula is C31H42N2O5. The maximum atomic E-state index is 13.7. The number of hydrogen-bond donors (Lipinski definition) is 1. The fraction of sp³-hybridized carbons (Fsp3) is 0.516. The van der Waals surface area contributed by atoms with Gasteiger partial charge in [-0.1, -0.05) is 25.0 Å². The predicted molar refractivity (Wildman–Crippen MR) is 151 cm³/mol. The lowest BCUT2D eigenvalue weighted by atomic mass is 9.66. The number of amides is 1. The Morgan fingerprint density at radius 2 is 1.68 bits per heavy atom. The first-order chi connectivity index (χ1) is 18.4. The summed E-state index contributed by atoms with van der Waals surface area (Å²) >= 11 is 0. The second-order valence-corrected chi connectivity index (χ2v) is 10.2. The molecular weight excluding hydrogens is 480 g/mol. The molecule has 0 unspecified atom stereocenters. The summed E-state index contributed by atoms with van der Waals surface area (Å²) in [7, 11) is 4.72. The number of anilines is 1. The number of aliphatic hydroxyl groups is 1. The molecule has 7 nitrogen and oxygen atoms in total. The van der Waals surface area contributed by atoms with Gasteiger partial charge in [-0.3, -0.25) is 4.79 Å². The summed E-state index contributed by atoms with van der Waals surface area (Å²) < 4.78 is 16.3. The molecule has 2 aromatic carbocycles. The van der Waals surface area contributed by atoms with Gasteiger partial charge in [0.2, 0.25) is 11.7 Å². The molecule has 0 radical (unpaired) electrons. The summed E-state index contributed by atoms with van der Waals surface area (Å²) in [6.45, 7) is 6.71. The molecule has 2 fully saturated rings. The van der Waals surface area contributed by atoms with Gasteiger partial charge in [0.15, 0.2) is 11.5 Å². The summed E-state index contributed by atoms with van der Waals surface area (Å²) in [6.07, 6.45) is 7.84. The van der Waals surface area contributed by atoms with Gasteiger partial charge in [0.1, 0.15) is 0 Å². The van der Waals surface area contributed by atoms with Gasteiger partial charge in [-0.15, -0.1) is 0 Å². The second kappa shape index (κ2) is 12.1. The van der Waals surface area contributed by atoms with Crippen molar-refractivity contribution in [2.24, 2.45) is 5.92 Å². The maximum Gasteiger partial charge on any atom is 0.247 e. The first kappa shape index (κ1) is 27.8. The molecule has 1 saturated carbocycles. The molecule has 2 aromatic rings. The van der Waals surface area contributed by atoms with Crippen LogP contribution in [0, 0.1) is 5.92 Å². The summed E-state index contributed by atoms with van der Waals surface area (Å²) in [5.41, 5.74) is 2.31. The Morgan fingerprint density at radius 1 is 1.03 bits per heavy atom. The molecule has 1 aliphatic carbocycles. The highest BCUT2D eigenvalue weighted by atomic mass is 16.5. The lowest BCUT2D eigenvalue weighted by molar-refractivity contribution is -0.150. The largest absolute Gasteiger partial charge is 0.493 e. The van der Waals surface area contributed by atoms with E-state index in [0.717, 1.165) is 49.9 Å². The van der Waals surface area contributed by atoms with Crippen molar-refractivity contribution < 1.29 is 24.1 Å². The number of hydrogen-bond acceptors (Lipinski definition) is 6. The summed E-state index contributed by atoms with van der Waals surface area (Å²) in [5.74, 6) is 1.54. The van der Waals surface area contributed by atoms with Gasteiger partial charge < -0.3 is 29.1 Å². The Hall–Kier alpha value is -3.19. The molecule has 0 spiro atoms. The zero-order chi connectivity index (χ0) is 27.3. The molecule has 3 atom stereocenters. The highest BCUT2D eigenvalue weighted by Crippen LogP contribution is 2.49. The molecule has 0 aromatic heterocycles. The van der Waals surface area contributed by atoms with Crippen molar-refractivity contribution in [1.82, 2.24) is 4.90 Å². The van der Waals surface area contributed by atoms with Gasteiger partial charge >= 0.3 is 0 Å². The van der Waals surface area contributed by atoms with Crippen molar-refractivity contribution in [2.75, 3.05) is 45.9 Å². The zero-order valence-corrected chi connectivity index (χ0v) is 23.4. The van der Waals surface area contributed by atoms with E-state index in [9.17, 15) is 9.90 Å². The standard InChI is InChI=1S/C31H42N2O5/c1-6-32(7-2)24-14-12-23(13-15-24)29-25-10-8-9-17-31(25,35)18-19-33(29)28(34)16-11-22-20-26(36-3)30(38-5)27(21-22)37-4/h11-16,20-21,25,29,35H,6-10,17-19H2,1-5H3/b16-11+/t25-,29-,31+/m1/s1. The first-order valence-corrected chi connectivity index (χ1v) is 13.7. The predicted octanol–water partition coefficient (Wildman–Crippen LogP) is 5.47. The third kappa shape index (κ3) is 5.48. The molecule has 0 bridgehead atoms. The number of carbonyl (C=O) groups excluding carboxylic acids is 1. The number of benzene rings is 2. The van der Waals surface area contributed by atoms with Gasteiger partial charge in [0, 0.05) is 37.3 Å². The van der Waals surface area contributed by atoms with Crippen LogP contribution in [-0.2, 0) is 4.79 Å². The maximum absolute atomic E-state index is 13.7. The number of fused-ring (bicyclic) bond motifs is 1. The van der Waals surface area contributed by atoms with E-state index < -0.39 is 5.60 Å². The number of ether oxygens (including phenoxy) is 3. The quantitative estimate of drug-likeness (QED) is 0.441. The lowest BCUT2D eigenvalue weighted by Gasteiger charge is -2.52. The Balaban J connectivity index is 1.65. The fourth-order valence-electron chi connectivity index (χ4n) is 6.27. The van der Waals surface area contributed by atoms with E-state index in [2.05, 4.69) is 43.0 Å². The second-order valence-electron chi connectivity index (χ2n) is 10.2. The van der Waals surface area contributed by atoms with E-state index in [-0.39, 0.29) is 17.9 Å².